The van der Waals surface area contributed by atoms with E-state index in [-0.39, 0.29) is 11.3 Å². The molecule has 2 atom stereocenters. The highest BCUT2D eigenvalue weighted by Crippen LogP contribution is 2.45. The zero-order valence-electron chi connectivity index (χ0n) is 18.6. The Morgan fingerprint density at radius 1 is 1.13 bits per heavy atom. The van der Waals surface area contributed by atoms with Crippen LogP contribution in [0.2, 0.25) is 0 Å². The fraction of sp³-hybridized carbons (Fsp3) is 0.520. The van der Waals surface area contributed by atoms with E-state index in [4.69, 9.17) is 4.98 Å². The van der Waals surface area contributed by atoms with Crippen LogP contribution in [-0.4, -0.2) is 62.6 Å². The summed E-state index contributed by atoms with van der Waals surface area (Å²) >= 11 is 0. The van der Waals surface area contributed by atoms with Crippen LogP contribution in [0.1, 0.15) is 36.3 Å². The standard InChI is InChI=1S/C25H33N5O/c1-29(2)22-9-8-20-23(28-22)27-13-12-25(20)17-26-16-21(25)24(31)30-14-10-19(11-15-30)18-6-4-3-5-7-18/h3-9,19,21,26H,10-17H2,1-2H3,(H,27,28)/t21-,25-/m0/s1. The summed E-state index contributed by atoms with van der Waals surface area (Å²) in [6.07, 6.45) is 3.07. The van der Waals surface area contributed by atoms with Crippen LogP contribution in [0.25, 0.3) is 0 Å². The van der Waals surface area contributed by atoms with E-state index >= 15 is 0 Å². The molecular formula is C25H33N5O. The minimum atomic E-state index is -0.161. The van der Waals surface area contributed by atoms with Crippen molar-refractivity contribution in [2.75, 3.05) is 57.0 Å². The van der Waals surface area contributed by atoms with Gasteiger partial charge in [-0.2, -0.15) is 0 Å². The normalized spacial score (nSPS) is 25.9. The van der Waals surface area contributed by atoms with Gasteiger partial charge in [0, 0.05) is 57.8 Å². The van der Waals surface area contributed by atoms with E-state index in [0.717, 1.165) is 63.6 Å². The number of hydrogen-bond acceptors (Lipinski definition) is 5. The molecule has 0 radical (unpaired) electrons. The van der Waals surface area contributed by atoms with Crippen LogP contribution in [0, 0.1) is 5.92 Å². The maximum Gasteiger partial charge on any atom is 0.227 e. The van der Waals surface area contributed by atoms with Crippen molar-refractivity contribution in [2.24, 2.45) is 5.92 Å². The van der Waals surface area contributed by atoms with Gasteiger partial charge >= 0.3 is 0 Å². The summed E-state index contributed by atoms with van der Waals surface area (Å²) in [5, 5.41) is 7.03. The molecule has 0 bridgehead atoms. The van der Waals surface area contributed by atoms with Crippen molar-refractivity contribution in [1.82, 2.24) is 15.2 Å². The number of pyridine rings is 1. The first-order valence-corrected chi connectivity index (χ1v) is 11.6. The number of nitrogens with zero attached hydrogens (tertiary/aromatic N) is 3. The second-order valence-corrected chi connectivity index (χ2v) is 9.49. The van der Waals surface area contributed by atoms with Crippen LogP contribution in [0.5, 0.6) is 0 Å². The highest BCUT2D eigenvalue weighted by molar-refractivity contribution is 5.82. The van der Waals surface area contributed by atoms with Crippen LogP contribution in [0.3, 0.4) is 0 Å². The summed E-state index contributed by atoms with van der Waals surface area (Å²) in [6, 6.07) is 15.0. The molecule has 2 fully saturated rings. The highest BCUT2D eigenvalue weighted by Gasteiger charge is 2.51. The molecule has 2 N–H and O–H groups in total. The van der Waals surface area contributed by atoms with Gasteiger partial charge in [-0.25, -0.2) is 4.98 Å². The number of hydrogen-bond donors (Lipinski definition) is 2. The van der Waals surface area contributed by atoms with Gasteiger partial charge in [0.05, 0.1) is 5.92 Å². The molecule has 0 saturated carbocycles. The van der Waals surface area contributed by atoms with Crippen molar-refractivity contribution in [1.29, 1.82) is 0 Å². The Morgan fingerprint density at radius 3 is 2.65 bits per heavy atom. The lowest BCUT2D eigenvalue weighted by Crippen LogP contribution is -2.50. The molecule has 1 amide bonds. The average Bonchev–Trinajstić information content (AvgIpc) is 3.23. The highest BCUT2D eigenvalue weighted by atomic mass is 16.2. The van der Waals surface area contributed by atoms with Crippen molar-refractivity contribution in [3.05, 3.63) is 53.6 Å². The third-order valence-electron chi connectivity index (χ3n) is 7.57. The maximum atomic E-state index is 13.7. The molecule has 5 rings (SSSR count). The molecule has 0 aliphatic carbocycles. The number of fused-ring (bicyclic) bond motifs is 2. The monoisotopic (exact) mass is 419 g/mol. The summed E-state index contributed by atoms with van der Waals surface area (Å²) in [7, 11) is 4.02. The third-order valence-corrected chi connectivity index (χ3v) is 7.57. The Balaban J connectivity index is 1.35. The number of piperidine rings is 1. The van der Waals surface area contributed by atoms with E-state index in [1.54, 1.807) is 0 Å². The zero-order valence-corrected chi connectivity index (χ0v) is 18.6. The lowest BCUT2D eigenvalue weighted by molar-refractivity contribution is -0.138. The van der Waals surface area contributed by atoms with Crippen molar-refractivity contribution in [3.8, 4) is 0 Å². The van der Waals surface area contributed by atoms with Gasteiger partial charge in [0.1, 0.15) is 11.6 Å². The first kappa shape index (κ1) is 20.3. The van der Waals surface area contributed by atoms with E-state index in [0.29, 0.717) is 11.8 Å². The number of aromatic nitrogens is 1. The number of anilines is 2. The summed E-state index contributed by atoms with van der Waals surface area (Å²) < 4.78 is 0. The first-order chi connectivity index (χ1) is 15.1. The molecule has 1 spiro atoms. The summed E-state index contributed by atoms with van der Waals surface area (Å²) in [6.45, 7) is 4.17. The molecule has 31 heavy (non-hydrogen) atoms. The number of benzene rings is 1. The number of rotatable bonds is 3. The lowest BCUT2D eigenvalue weighted by atomic mass is 9.68. The summed E-state index contributed by atoms with van der Waals surface area (Å²) in [5.41, 5.74) is 2.45. The SMILES string of the molecule is CN(C)c1ccc2c(n1)NCC[C@]21CNC[C@H]1C(=O)N1CCC(c2ccccc2)CC1. The van der Waals surface area contributed by atoms with Crippen LogP contribution in [0.15, 0.2) is 42.5 Å². The number of likely N-dealkylation sites (tertiary alicyclic amines) is 1. The summed E-state index contributed by atoms with van der Waals surface area (Å²) in [5.74, 6) is 2.76. The molecule has 3 aliphatic heterocycles. The zero-order chi connectivity index (χ0) is 21.4. The molecular weight excluding hydrogens is 386 g/mol. The van der Waals surface area contributed by atoms with Gasteiger partial charge in [-0.15, -0.1) is 0 Å². The van der Waals surface area contributed by atoms with Crippen LogP contribution >= 0.6 is 0 Å². The van der Waals surface area contributed by atoms with Crippen LogP contribution in [0.4, 0.5) is 11.6 Å². The Kier molecular flexibility index (Phi) is 5.34. The van der Waals surface area contributed by atoms with Crippen molar-refractivity contribution in [3.63, 3.8) is 0 Å². The second-order valence-electron chi connectivity index (χ2n) is 9.49. The van der Waals surface area contributed by atoms with Crippen molar-refractivity contribution < 1.29 is 4.79 Å². The number of carbonyl (C=O) groups excluding carboxylic acids is 1. The van der Waals surface area contributed by atoms with Gasteiger partial charge in [0.2, 0.25) is 5.91 Å². The summed E-state index contributed by atoms with van der Waals surface area (Å²) in [4.78, 5) is 22.7. The Morgan fingerprint density at radius 2 is 1.90 bits per heavy atom. The molecule has 164 valence electrons. The predicted octanol–water partition coefficient (Wildman–Crippen LogP) is 2.83. The van der Waals surface area contributed by atoms with E-state index in [1.807, 2.05) is 19.0 Å². The number of nitrogens with one attached hydrogen (secondary N) is 2. The van der Waals surface area contributed by atoms with Gasteiger partial charge in [-0.05, 0) is 36.8 Å². The van der Waals surface area contributed by atoms with Gasteiger partial charge < -0.3 is 20.4 Å². The van der Waals surface area contributed by atoms with Gasteiger partial charge in [-0.1, -0.05) is 36.4 Å². The van der Waals surface area contributed by atoms with Crippen LogP contribution in [-0.2, 0) is 10.2 Å². The molecule has 3 aliphatic rings. The van der Waals surface area contributed by atoms with Crippen molar-refractivity contribution in [2.45, 2.75) is 30.6 Å². The Labute approximate surface area is 185 Å². The third kappa shape index (κ3) is 3.57. The smallest absolute Gasteiger partial charge is 0.227 e. The second kappa shape index (κ2) is 8.15. The fourth-order valence-electron chi connectivity index (χ4n) is 5.78. The van der Waals surface area contributed by atoms with Crippen LogP contribution < -0.4 is 15.5 Å². The van der Waals surface area contributed by atoms with E-state index in [9.17, 15) is 4.79 Å². The predicted molar refractivity (Wildman–Crippen MR) is 125 cm³/mol. The molecule has 0 unspecified atom stereocenters. The van der Waals surface area contributed by atoms with Gasteiger partial charge in [0.25, 0.3) is 0 Å². The molecule has 1 aromatic heterocycles. The molecule has 2 aromatic rings. The average molecular weight is 420 g/mol. The number of carbonyl (C=O) groups is 1. The number of amides is 1. The molecule has 4 heterocycles. The van der Waals surface area contributed by atoms with Crippen molar-refractivity contribution >= 4 is 17.5 Å². The molecule has 6 nitrogen and oxygen atoms in total. The first-order valence-electron chi connectivity index (χ1n) is 11.6. The van der Waals surface area contributed by atoms with E-state index in [2.05, 4.69) is 58.0 Å². The minimum absolute atomic E-state index is 0.0198. The van der Waals surface area contributed by atoms with Gasteiger partial charge in [-0.3, -0.25) is 4.79 Å². The minimum Gasteiger partial charge on any atom is -0.370 e. The largest absolute Gasteiger partial charge is 0.370 e. The maximum absolute atomic E-state index is 13.7. The molecule has 1 aromatic carbocycles. The lowest BCUT2D eigenvalue weighted by Gasteiger charge is -2.42. The molecule has 2 saturated heterocycles. The quantitative estimate of drug-likeness (QED) is 0.801. The topological polar surface area (TPSA) is 60.5 Å². The Hall–Kier alpha value is -2.60. The van der Waals surface area contributed by atoms with E-state index < -0.39 is 0 Å². The van der Waals surface area contributed by atoms with Gasteiger partial charge in [0.15, 0.2) is 0 Å². The van der Waals surface area contributed by atoms with E-state index in [1.165, 1.54) is 11.1 Å². The fourth-order valence-corrected chi connectivity index (χ4v) is 5.78. The molecule has 6 heteroatoms. The Bertz CT molecular complexity index is 938.